The van der Waals surface area contributed by atoms with Gasteiger partial charge in [0.25, 0.3) is 11.8 Å². The molecule has 172 valence electrons. The van der Waals surface area contributed by atoms with E-state index in [1.54, 1.807) is 72.8 Å². The van der Waals surface area contributed by atoms with Gasteiger partial charge in [-0.05, 0) is 54.1 Å². The van der Waals surface area contributed by atoms with E-state index in [2.05, 4.69) is 16.0 Å². The summed E-state index contributed by atoms with van der Waals surface area (Å²) in [6, 6.07) is 22.5. The van der Waals surface area contributed by atoms with Crippen LogP contribution >= 0.6 is 11.6 Å². The van der Waals surface area contributed by atoms with E-state index in [4.69, 9.17) is 20.8 Å². The van der Waals surface area contributed by atoms with Gasteiger partial charge < -0.3 is 9.15 Å². The summed E-state index contributed by atoms with van der Waals surface area (Å²) in [5.41, 5.74) is 6.36. The highest BCUT2D eigenvalue weighted by Gasteiger charge is 2.14. The van der Waals surface area contributed by atoms with Crippen molar-refractivity contribution in [2.75, 3.05) is 0 Å². The van der Waals surface area contributed by atoms with E-state index in [-0.39, 0.29) is 5.89 Å². The number of aromatic nitrogens is 2. The number of hydrazine groups is 1. The minimum atomic E-state index is -0.781. The molecule has 0 atom stereocenters. The van der Waals surface area contributed by atoms with E-state index in [0.717, 1.165) is 10.2 Å². The monoisotopic (exact) mass is 478 g/mol. The lowest BCUT2D eigenvalue weighted by atomic mass is 10.1. The second kappa shape index (κ2) is 10.5. The predicted octanol–water partition coefficient (Wildman–Crippen LogP) is 3.20. The van der Waals surface area contributed by atoms with Crippen LogP contribution in [0.15, 0.2) is 88.1 Å². The molecule has 1 aromatic heterocycles. The summed E-state index contributed by atoms with van der Waals surface area (Å²) >= 11 is 5.85. The lowest BCUT2D eigenvalue weighted by Gasteiger charge is -2.09. The number of benzene rings is 3. The number of nitrogens with one attached hydrogen (secondary N) is 2. The summed E-state index contributed by atoms with van der Waals surface area (Å²) in [6.45, 7) is -0.103. The van der Waals surface area contributed by atoms with Crippen molar-refractivity contribution in [3.63, 3.8) is 0 Å². The quantitative estimate of drug-likeness (QED) is 0.394. The third-order valence-corrected chi connectivity index (χ3v) is 4.92. The zero-order valence-corrected chi connectivity index (χ0v) is 18.5. The van der Waals surface area contributed by atoms with Crippen LogP contribution in [0.25, 0.3) is 11.5 Å². The highest BCUT2D eigenvalue weighted by Crippen LogP contribution is 2.17. The minimum Gasteiger partial charge on any atom is -0.489 e. The number of carbonyl (C=O) groups excluding carboxylic acids is 2. The molecule has 1 heterocycles. The van der Waals surface area contributed by atoms with Crippen molar-refractivity contribution in [3.8, 4) is 17.2 Å². The van der Waals surface area contributed by atoms with Crippen molar-refractivity contribution >= 4 is 23.4 Å². The number of ether oxygens (including phenoxy) is 1. The fourth-order valence-electron chi connectivity index (χ4n) is 2.93. The smallest absolute Gasteiger partial charge is 0.437 e. The Kier molecular flexibility index (Phi) is 7.04. The Balaban J connectivity index is 1.27. The highest BCUT2D eigenvalue weighted by atomic mass is 35.5. The van der Waals surface area contributed by atoms with Gasteiger partial charge in [-0.1, -0.05) is 41.9 Å². The fourth-order valence-corrected chi connectivity index (χ4v) is 3.05. The van der Waals surface area contributed by atoms with Crippen LogP contribution in [0, 0.1) is 0 Å². The first kappa shape index (κ1) is 22.8. The minimum absolute atomic E-state index is 0.0996. The number of amides is 2. The molecule has 0 saturated carbocycles. The Morgan fingerprint density at radius 3 is 2.35 bits per heavy atom. The van der Waals surface area contributed by atoms with Gasteiger partial charge in [-0.3, -0.25) is 20.4 Å². The van der Waals surface area contributed by atoms with Gasteiger partial charge in [-0.2, -0.15) is 4.68 Å². The SMILES string of the molecule is O=C(Cn1nc(-c2ccccc2)oc1=O)NNC(=O)c1ccc(COc2ccc(Cl)cc2)cc1. The van der Waals surface area contributed by atoms with Gasteiger partial charge in [-0.15, -0.1) is 5.10 Å². The van der Waals surface area contributed by atoms with E-state index in [9.17, 15) is 14.4 Å². The van der Waals surface area contributed by atoms with E-state index in [1.165, 1.54) is 0 Å². The molecule has 2 amide bonds. The second-order valence-corrected chi connectivity index (χ2v) is 7.58. The van der Waals surface area contributed by atoms with Gasteiger partial charge in [-0.25, -0.2) is 4.79 Å². The maximum Gasteiger partial charge on any atom is 0.437 e. The Bertz CT molecular complexity index is 1330. The third kappa shape index (κ3) is 5.90. The molecular formula is C24H19ClN4O5. The Labute approximate surface area is 198 Å². The van der Waals surface area contributed by atoms with Gasteiger partial charge in [0.1, 0.15) is 18.9 Å². The van der Waals surface area contributed by atoms with Crippen LogP contribution in [0.1, 0.15) is 15.9 Å². The largest absolute Gasteiger partial charge is 0.489 e. The first-order valence-corrected chi connectivity index (χ1v) is 10.6. The van der Waals surface area contributed by atoms with Crippen molar-refractivity contribution in [3.05, 3.63) is 106 Å². The van der Waals surface area contributed by atoms with E-state index in [0.29, 0.717) is 28.5 Å². The van der Waals surface area contributed by atoms with E-state index in [1.807, 2.05) is 6.07 Å². The van der Waals surface area contributed by atoms with E-state index < -0.39 is 24.1 Å². The molecule has 0 spiro atoms. The molecular weight excluding hydrogens is 460 g/mol. The van der Waals surface area contributed by atoms with Crippen molar-refractivity contribution in [2.45, 2.75) is 13.2 Å². The van der Waals surface area contributed by atoms with Crippen molar-refractivity contribution in [1.29, 1.82) is 0 Å². The van der Waals surface area contributed by atoms with Gasteiger partial charge in [0.2, 0.25) is 5.89 Å². The van der Waals surface area contributed by atoms with E-state index >= 15 is 0 Å². The highest BCUT2D eigenvalue weighted by molar-refractivity contribution is 6.30. The molecule has 0 saturated heterocycles. The number of carbonyl (C=O) groups is 2. The molecule has 0 unspecified atom stereocenters. The first-order chi connectivity index (χ1) is 16.5. The molecule has 4 rings (SSSR count). The van der Waals surface area contributed by atoms with Gasteiger partial charge in [0.05, 0.1) is 0 Å². The predicted molar refractivity (Wildman–Crippen MR) is 124 cm³/mol. The summed E-state index contributed by atoms with van der Waals surface area (Å²) in [5.74, 6) is -1.16. The molecule has 4 aromatic rings. The van der Waals surface area contributed by atoms with Crippen LogP contribution in [-0.2, 0) is 17.9 Å². The summed E-state index contributed by atoms with van der Waals surface area (Å²) in [5, 5.41) is 4.63. The van der Waals surface area contributed by atoms with Crippen LogP contribution in [0.4, 0.5) is 0 Å². The topological polar surface area (TPSA) is 115 Å². The van der Waals surface area contributed by atoms with Gasteiger partial charge >= 0.3 is 5.76 Å². The lowest BCUT2D eigenvalue weighted by Crippen LogP contribution is -2.44. The number of hydrogen-bond acceptors (Lipinski definition) is 6. The number of hydrogen-bond donors (Lipinski definition) is 2. The standard InChI is InChI=1S/C24H19ClN4O5/c25-19-10-12-20(13-11-19)33-15-16-6-8-17(9-7-16)22(31)27-26-21(30)14-29-24(32)34-23(28-29)18-4-2-1-3-5-18/h1-13H,14-15H2,(H,26,30)(H,27,31). The van der Waals surface area contributed by atoms with Crippen LogP contribution < -0.4 is 21.3 Å². The molecule has 0 aliphatic heterocycles. The molecule has 0 fully saturated rings. The average molecular weight is 479 g/mol. The molecule has 2 N–H and O–H groups in total. The lowest BCUT2D eigenvalue weighted by molar-refractivity contribution is -0.122. The van der Waals surface area contributed by atoms with Gasteiger partial charge in [0.15, 0.2) is 0 Å². The fraction of sp³-hybridized carbons (Fsp3) is 0.0833. The first-order valence-electron chi connectivity index (χ1n) is 10.2. The maximum absolute atomic E-state index is 12.3. The molecule has 0 aliphatic rings. The zero-order chi connectivity index (χ0) is 23.9. The van der Waals surface area contributed by atoms with Crippen LogP contribution in [-0.4, -0.2) is 21.6 Å². The van der Waals surface area contributed by atoms with Crippen molar-refractivity contribution in [1.82, 2.24) is 20.6 Å². The maximum atomic E-state index is 12.3. The number of halogens is 1. The summed E-state index contributed by atoms with van der Waals surface area (Å²) in [6.07, 6.45) is 0. The summed E-state index contributed by atoms with van der Waals surface area (Å²) in [7, 11) is 0. The molecule has 10 heteroatoms. The molecule has 0 aliphatic carbocycles. The zero-order valence-electron chi connectivity index (χ0n) is 17.7. The van der Waals surface area contributed by atoms with Crippen LogP contribution in [0.5, 0.6) is 5.75 Å². The van der Waals surface area contributed by atoms with Gasteiger partial charge in [0, 0.05) is 16.1 Å². The molecule has 3 aromatic carbocycles. The molecule has 9 nitrogen and oxygen atoms in total. The molecule has 34 heavy (non-hydrogen) atoms. The van der Waals surface area contributed by atoms with Crippen molar-refractivity contribution in [2.24, 2.45) is 0 Å². The number of rotatable bonds is 7. The molecule has 0 bridgehead atoms. The normalized spacial score (nSPS) is 10.5. The van der Waals surface area contributed by atoms with Crippen LogP contribution in [0.2, 0.25) is 5.02 Å². The van der Waals surface area contributed by atoms with Crippen LogP contribution in [0.3, 0.4) is 0 Å². The second-order valence-electron chi connectivity index (χ2n) is 7.14. The van der Waals surface area contributed by atoms with Crippen molar-refractivity contribution < 1.29 is 18.7 Å². The Hall–Kier alpha value is -4.37. The summed E-state index contributed by atoms with van der Waals surface area (Å²) in [4.78, 5) is 36.4. The Morgan fingerprint density at radius 1 is 0.941 bits per heavy atom. The third-order valence-electron chi connectivity index (χ3n) is 4.67. The Morgan fingerprint density at radius 2 is 1.65 bits per heavy atom. The number of nitrogens with zero attached hydrogens (tertiary/aromatic N) is 2. The average Bonchev–Trinajstić information content (AvgIpc) is 3.23. The summed E-state index contributed by atoms with van der Waals surface area (Å²) < 4.78 is 11.6. The molecule has 0 radical (unpaired) electrons.